The zero-order chi connectivity index (χ0) is 13.8. The minimum atomic E-state index is -0.173. The number of fused-ring (bicyclic) bond motifs is 1. The molecule has 0 amide bonds. The highest BCUT2D eigenvalue weighted by Gasteiger charge is 2.26. The van der Waals surface area contributed by atoms with Crippen LogP contribution in [0.1, 0.15) is 43.2 Å². The molecule has 20 heavy (non-hydrogen) atoms. The quantitative estimate of drug-likeness (QED) is 0.861. The number of carbonyl (C=O) groups excluding carboxylic acids is 1. The van der Waals surface area contributed by atoms with Gasteiger partial charge in [-0.2, -0.15) is 0 Å². The number of benzene rings is 1. The molecular weight excluding hydrogens is 250 g/mol. The van der Waals surface area contributed by atoms with Gasteiger partial charge < -0.3 is 10.1 Å². The van der Waals surface area contributed by atoms with Gasteiger partial charge in [-0.1, -0.05) is 43.5 Å². The van der Waals surface area contributed by atoms with Crippen LogP contribution in [-0.4, -0.2) is 18.6 Å². The highest BCUT2D eigenvalue weighted by Crippen LogP contribution is 2.24. The third-order valence-electron chi connectivity index (χ3n) is 4.55. The summed E-state index contributed by atoms with van der Waals surface area (Å²) in [6, 6.07) is 8.13. The van der Waals surface area contributed by atoms with Gasteiger partial charge in [-0.3, -0.25) is 4.79 Å². The van der Waals surface area contributed by atoms with Crippen molar-refractivity contribution in [2.75, 3.05) is 6.61 Å². The van der Waals surface area contributed by atoms with Gasteiger partial charge in [-0.05, 0) is 36.3 Å². The third kappa shape index (κ3) is 3.21. The molecule has 3 heteroatoms. The Balaban J connectivity index is 1.51. The van der Waals surface area contributed by atoms with Crippen LogP contribution in [0, 0.1) is 5.92 Å². The Kier molecular flexibility index (Phi) is 4.36. The second-order valence-corrected chi connectivity index (χ2v) is 6.04. The standard InChI is InChI=1S/C17H23NO2/c19-17(20-12-13-6-2-1-3-7-13)16-10-14-8-4-5-9-15(14)11-18-16/h4-5,8-9,13,16,18H,1-3,6-7,10-12H2/t16-/m1/s1. The molecule has 3 nitrogen and oxygen atoms in total. The molecule has 3 rings (SSSR count). The number of rotatable bonds is 3. The van der Waals surface area contributed by atoms with Gasteiger partial charge in [0.15, 0.2) is 0 Å². The summed E-state index contributed by atoms with van der Waals surface area (Å²) in [6.07, 6.45) is 7.10. The van der Waals surface area contributed by atoms with Gasteiger partial charge in [0.1, 0.15) is 6.04 Å². The molecule has 108 valence electrons. The normalized spacial score (nSPS) is 23.1. The van der Waals surface area contributed by atoms with E-state index in [9.17, 15) is 4.79 Å². The molecule has 1 fully saturated rings. The predicted molar refractivity (Wildman–Crippen MR) is 78.3 cm³/mol. The zero-order valence-corrected chi connectivity index (χ0v) is 11.9. The lowest BCUT2D eigenvalue weighted by molar-refractivity contribution is -0.148. The predicted octanol–water partition coefficient (Wildman–Crippen LogP) is 2.82. The van der Waals surface area contributed by atoms with Crippen LogP contribution in [0.3, 0.4) is 0 Å². The molecule has 0 spiro atoms. The summed E-state index contributed by atoms with van der Waals surface area (Å²) in [5.41, 5.74) is 2.56. The van der Waals surface area contributed by atoms with E-state index in [0.29, 0.717) is 12.5 Å². The van der Waals surface area contributed by atoms with Gasteiger partial charge in [0, 0.05) is 6.54 Å². The molecule has 0 bridgehead atoms. The van der Waals surface area contributed by atoms with E-state index in [4.69, 9.17) is 4.74 Å². The first-order valence-electron chi connectivity index (χ1n) is 7.80. The Morgan fingerprint density at radius 3 is 2.70 bits per heavy atom. The summed E-state index contributed by atoms with van der Waals surface area (Å²) < 4.78 is 5.53. The van der Waals surface area contributed by atoms with E-state index in [1.165, 1.54) is 43.2 Å². The number of ether oxygens (including phenoxy) is 1. The van der Waals surface area contributed by atoms with E-state index >= 15 is 0 Å². The average molecular weight is 273 g/mol. The maximum Gasteiger partial charge on any atom is 0.323 e. The van der Waals surface area contributed by atoms with Crippen molar-refractivity contribution in [3.63, 3.8) is 0 Å². The summed E-state index contributed by atoms with van der Waals surface area (Å²) in [6.45, 7) is 1.37. The third-order valence-corrected chi connectivity index (χ3v) is 4.55. The largest absolute Gasteiger partial charge is 0.464 e. The van der Waals surface area contributed by atoms with Gasteiger partial charge in [0.25, 0.3) is 0 Å². The lowest BCUT2D eigenvalue weighted by Gasteiger charge is -2.26. The monoisotopic (exact) mass is 273 g/mol. The number of carbonyl (C=O) groups is 1. The van der Waals surface area contributed by atoms with Crippen LogP contribution >= 0.6 is 0 Å². The van der Waals surface area contributed by atoms with Crippen LogP contribution < -0.4 is 5.32 Å². The second-order valence-electron chi connectivity index (χ2n) is 6.04. The van der Waals surface area contributed by atoms with Crippen LogP contribution in [0.4, 0.5) is 0 Å². The van der Waals surface area contributed by atoms with Gasteiger partial charge in [-0.25, -0.2) is 0 Å². The molecule has 0 radical (unpaired) electrons. The van der Waals surface area contributed by atoms with Gasteiger partial charge >= 0.3 is 5.97 Å². The highest BCUT2D eigenvalue weighted by atomic mass is 16.5. The highest BCUT2D eigenvalue weighted by molar-refractivity contribution is 5.76. The first-order valence-corrected chi connectivity index (χ1v) is 7.80. The van der Waals surface area contributed by atoms with E-state index < -0.39 is 0 Å². The molecule has 0 aromatic heterocycles. The molecule has 1 aromatic rings. The summed E-state index contributed by atoms with van der Waals surface area (Å²) in [5, 5.41) is 3.29. The molecule has 1 heterocycles. The van der Waals surface area contributed by atoms with Crippen molar-refractivity contribution in [3.05, 3.63) is 35.4 Å². The summed E-state index contributed by atoms with van der Waals surface area (Å²) >= 11 is 0. The first-order chi connectivity index (χ1) is 9.83. The molecule has 1 aliphatic carbocycles. The van der Waals surface area contributed by atoms with Gasteiger partial charge in [0.2, 0.25) is 0 Å². The molecule has 1 saturated carbocycles. The van der Waals surface area contributed by atoms with E-state index in [2.05, 4.69) is 17.4 Å². The van der Waals surface area contributed by atoms with E-state index in [-0.39, 0.29) is 12.0 Å². The van der Waals surface area contributed by atoms with E-state index in [1.54, 1.807) is 0 Å². The van der Waals surface area contributed by atoms with Crippen molar-refractivity contribution in [1.29, 1.82) is 0 Å². The first kappa shape index (κ1) is 13.6. The van der Waals surface area contributed by atoms with Crippen LogP contribution in [0.2, 0.25) is 0 Å². The minimum Gasteiger partial charge on any atom is -0.464 e. The smallest absolute Gasteiger partial charge is 0.323 e. The fourth-order valence-electron chi connectivity index (χ4n) is 3.28. The van der Waals surface area contributed by atoms with Crippen molar-refractivity contribution >= 4 is 5.97 Å². The number of hydrogen-bond acceptors (Lipinski definition) is 3. The minimum absolute atomic E-state index is 0.0786. The van der Waals surface area contributed by atoms with Crippen molar-refractivity contribution in [3.8, 4) is 0 Å². The van der Waals surface area contributed by atoms with Crippen LogP contribution in [0.15, 0.2) is 24.3 Å². The molecule has 0 unspecified atom stereocenters. The molecule has 1 N–H and O–H groups in total. The number of nitrogens with one attached hydrogen (secondary N) is 1. The Morgan fingerprint density at radius 2 is 1.90 bits per heavy atom. The van der Waals surface area contributed by atoms with Gasteiger partial charge in [-0.15, -0.1) is 0 Å². The topological polar surface area (TPSA) is 38.3 Å². The summed E-state index contributed by atoms with van der Waals surface area (Å²) in [4.78, 5) is 12.2. The zero-order valence-electron chi connectivity index (χ0n) is 11.9. The van der Waals surface area contributed by atoms with Gasteiger partial charge in [0.05, 0.1) is 6.61 Å². The maximum atomic E-state index is 12.2. The van der Waals surface area contributed by atoms with Crippen LogP contribution in [0.5, 0.6) is 0 Å². The Bertz CT molecular complexity index is 466. The molecule has 1 aliphatic heterocycles. The Morgan fingerprint density at radius 1 is 1.15 bits per heavy atom. The van der Waals surface area contributed by atoms with Crippen molar-refractivity contribution in [1.82, 2.24) is 5.32 Å². The number of hydrogen-bond donors (Lipinski definition) is 1. The van der Waals surface area contributed by atoms with Crippen LogP contribution in [-0.2, 0) is 22.5 Å². The van der Waals surface area contributed by atoms with Crippen molar-refractivity contribution in [2.24, 2.45) is 5.92 Å². The molecular formula is C17H23NO2. The lowest BCUT2D eigenvalue weighted by Crippen LogP contribution is -2.43. The van der Waals surface area contributed by atoms with E-state index in [1.807, 2.05) is 12.1 Å². The summed E-state index contributed by atoms with van der Waals surface area (Å²) in [5.74, 6) is 0.508. The summed E-state index contributed by atoms with van der Waals surface area (Å²) in [7, 11) is 0. The molecule has 2 aliphatic rings. The fourth-order valence-corrected chi connectivity index (χ4v) is 3.28. The molecule has 0 saturated heterocycles. The van der Waals surface area contributed by atoms with Crippen molar-refractivity contribution < 1.29 is 9.53 Å². The fraction of sp³-hybridized carbons (Fsp3) is 0.588. The Hall–Kier alpha value is -1.35. The SMILES string of the molecule is O=C(OCC1CCCCC1)[C@H]1Cc2ccccc2CN1. The maximum absolute atomic E-state index is 12.2. The van der Waals surface area contributed by atoms with E-state index in [0.717, 1.165) is 13.0 Å². The number of esters is 1. The molecule has 1 atom stereocenters. The average Bonchev–Trinajstić information content (AvgIpc) is 2.53. The lowest BCUT2D eigenvalue weighted by atomic mass is 9.90. The molecule has 1 aromatic carbocycles. The van der Waals surface area contributed by atoms with Crippen molar-refractivity contribution in [2.45, 2.75) is 51.1 Å². The second kappa shape index (κ2) is 6.40. The van der Waals surface area contributed by atoms with Crippen LogP contribution in [0.25, 0.3) is 0 Å². The Labute approximate surface area is 120 Å².